The van der Waals surface area contributed by atoms with E-state index in [2.05, 4.69) is 15.0 Å². The lowest BCUT2D eigenvalue weighted by Crippen LogP contribution is -2.18. The second-order valence-corrected chi connectivity index (χ2v) is 3.46. The monoisotopic (exact) mass is 215 g/mol. The first-order chi connectivity index (χ1) is 7.75. The maximum absolute atomic E-state index is 5.59. The molecule has 0 aliphatic rings. The zero-order valence-corrected chi connectivity index (χ0v) is 9.04. The van der Waals surface area contributed by atoms with Gasteiger partial charge >= 0.3 is 0 Å². The molecule has 2 rings (SSSR count). The van der Waals surface area contributed by atoms with Crippen LogP contribution in [-0.4, -0.2) is 22.0 Å². The molecule has 2 N–H and O–H groups in total. The average Bonchev–Trinajstić information content (AvgIpc) is 2.30. The summed E-state index contributed by atoms with van der Waals surface area (Å²) in [5.41, 5.74) is 6.66. The predicted octanol–water partition coefficient (Wildman–Crippen LogP) is 1.09. The SMILES string of the molecule is CN(Cc1nccc(N)n1)c1ccncc1. The van der Waals surface area contributed by atoms with Crippen LogP contribution in [0.5, 0.6) is 0 Å². The quantitative estimate of drug-likeness (QED) is 0.830. The number of hydrogen-bond acceptors (Lipinski definition) is 5. The molecule has 0 spiro atoms. The third-order valence-corrected chi connectivity index (χ3v) is 2.21. The number of hydrogen-bond donors (Lipinski definition) is 1. The van der Waals surface area contributed by atoms with Crippen molar-refractivity contribution in [2.24, 2.45) is 0 Å². The Kier molecular flexibility index (Phi) is 2.95. The van der Waals surface area contributed by atoms with Crippen molar-refractivity contribution in [1.82, 2.24) is 15.0 Å². The summed E-state index contributed by atoms with van der Waals surface area (Å²) < 4.78 is 0. The van der Waals surface area contributed by atoms with Crippen LogP contribution in [0.1, 0.15) is 5.82 Å². The van der Waals surface area contributed by atoms with Crippen LogP contribution < -0.4 is 10.6 Å². The Morgan fingerprint density at radius 1 is 1.19 bits per heavy atom. The molecule has 82 valence electrons. The van der Waals surface area contributed by atoms with E-state index in [0.29, 0.717) is 18.2 Å². The highest BCUT2D eigenvalue weighted by atomic mass is 15.1. The molecule has 0 saturated heterocycles. The van der Waals surface area contributed by atoms with Crippen molar-refractivity contribution in [2.45, 2.75) is 6.54 Å². The van der Waals surface area contributed by atoms with Gasteiger partial charge in [0, 0.05) is 31.3 Å². The standard InChI is InChI=1S/C11H13N5/c1-16(9-2-5-13-6-3-9)8-11-14-7-4-10(12)15-11/h2-7H,8H2,1H3,(H2,12,14,15). The van der Waals surface area contributed by atoms with Gasteiger partial charge < -0.3 is 10.6 Å². The van der Waals surface area contributed by atoms with Gasteiger partial charge in [0.05, 0.1) is 6.54 Å². The molecule has 16 heavy (non-hydrogen) atoms. The van der Waals surface area contributed by atoms with E-state index < -0.39 is 0 Å². The Bertz CT molecular complexity index is 457. The van der Waals surface area contributed by atoms with E-state index in [-0.39, 0.29) is 0 Å². The van der Waals surface area contributed by atoms with Crippen molar-refractivity contribution in [2.75, 3.05) is 17.7 Å². The number of pyridine rings is 1. The van der Waals surface area contributed by atoms with E-state index in [1.807, 2.05) is 24.1 Å². The van der Waals surface area contributed by atoms with E-state index in [4.69, 9.17) is 5.73 Å². The maximum atomic E-state index is 5.59. The highest BCUT2D eigenvalue weighted by Crippen LogP contribution is 2.12. The van der Waals surface area contributed by atoms with Crippen molar-refractivity contribution < 1.29 is 0 Å². The van der Waals surface area contributed by atoms with Gasteiger partial charge in [0.2, 0.25) is 0 Å². The molecule has 2 aromatic heterocycles. The zero-order chi connectivity index (χ0) is 11.4. The lowest BCUT2D eigenvalue weighted by atomic mass is 10.3. The molecule has 0 radical (unpaired) electrons. The minimum Gasteiger partial charge on any atom is -0.384 e. The first-order valence-electron chi connectivity index (χ1n) is 4.94. The number of aromatic nitrogens is 3. The van der Waals surface area contributed by atoms with Gasteiger partial charge in [-0.25, -0.2) is 9.97 Å². The first kappa shape index (κ1) is 10.4. The van der Waals surface area contributed by atoms with Crippen LogP contribution in [0, 0.1) is 0 Å². The molecule has 2 heterocycles. The maximum Gasteiger partial charge on any atom is 0.149 e. The fourth-order valence-corrected chi connectivity index (χ4v) is 1.39. The summed E-state index contributed by atoms with van der Waals surface area (Å²) in [7, 11) is 1.97. The second-order valence-electron chi connectivity index (χ2n) is 3.46. The Balaban J connectivity index is 2.11. The van der Waals surface area contributed by atoms with E-state index >= 15 is 0 Å². The molecule has 2 aromatic rings. The molecule has 0 aromatic carbocycles. The zero-order valence-electron chi connectivity index (χ0n) is 9.04. The van der Waals surface area contributed by atoms with Crippen LogP contribution in [0.3, 0.4) is 0 Å². The molecule has 0 bridgehead atoms. The molecule has 0 unspecified atom stereocenters. The molecule has 5 nitrogen and oxygen atoms in total. The summed E-state index contributed by atoms with van der Waals surface area (Å²) >= 11 is 0. The Morgan fingerprint density at radius 2 is 1.94 bits per heavy atom. The number of nitrogens with zero attached hydrogens (tertiary/aromatic N) is 4. The third-order valence-electron chi connectivity index (χ3n) is 2.21. The summed E-state index contributed by atoms with van der Waals surface area (Å²) in [6.45, 7) is 0.620. The molecule has 5 heteroatoms. The first-order valence-corrected chi connectivity index (χ1v) is 4.94. The van der Waals surface area contributed by atoms with Gasteiger partial charge in [0.15, 0.2) is 0 Å². The summed E-state index contributed by atoms with van der Waals surface area (Å²) in [6.07, 6.45) is 5.18. The van der Waals surface area contributed by atoms with Crippen molar-refractivity contribution >= 4 is 11.5 Å². The normalized spacial score (nSPS) is 10.1. The van der Waals surface area contributed by atoms with Crippen molar-refractivity contribution in [3.8, 4) is 0 Å². The van der Waals surface area contributed by atoms with Crippen LogP contribution in [0.2, 0.25) is 0 Å². The summed E-state index contributed by atoms with van der Waals surface area (Å²) in [5, 5.41) is 0. The minimum atomic E-state index is 0.494. The largest absolute Gasteiger partial charge is 0.384 e. The van der Waals surface area contributed by atoms with E-state index in [1.54, 1.807) is 24.7 Å². The van der Waals surface area contributed by atoms with E-state index in [9.17, 15) is 0 Å². The van der Waals surface area contributed by atoms with E-state index in [0.717, 1.165) is 5.69 Å². The molecular formula is C11H13N5. The highest BCUT2D eigenvalue weighted by Gasteiger charge is 2.03. The van der Waals surface area contributed by atoms with Gasteiger partial charge in [0.25, 0.3) is 0 Å². The summed E-state index contributed by atoms with van der Waals surface area (Å²) in [6, 6.07) is 5.55. The molecule has 0 atom stereocenters. The molecule has 0 amide bonds. The van der Waals surface area contributed by atoms with Crippen molar-refractivity contribution in [3.63, 3.8) is 0 Å². The Morgan fingerprint density at radius 3 is 2.62 bits per heavy atom. The molecule has 0 saturated carbocycles. The number of anilines is 2. The number of nitrogen functional groups attached to an aromatic ring is 1. The lowest BCUT2D eigenvalue weighted by Gasteiger charge is -2.17. The van der Waals surface area contributed by atoms with Crippen LogP contribution in [-0.2, 0) is 6.54 Å². The molecular weight excluding hydrogens is 202 g/mol. The lowest BCUT2D eigenvalue weighted by molar-refractivity contribution is 0.839. The highest BCUT2D eigenvalue weighted by molar-refractivity contribution is 5.43. The predicted molar refractivity (Wildman–Crippen MR) is 62.8 cm³/mol. The van der Waals surface area contributed by atoms with Crippen molar-refractivity contribution in [3.05, 3.63) is 42.6 Å². The van der Waals surface area contributed by atoms with Crippen LogP contribution in [0.25, 0.3) is 0 Å². The Hall–Kier alpha value is -2.17. The van der Waals surface area contributed by atoms with Crippen LogP contribution >= 0.6 is 0 Å². The van der Waals surface area contributed by atoms with E-state index in [1.165, 1.54) is 0 Å². The Labute approximate surface area is 94.0 Å². The fraction of sp³-hybridized carbons (Fsp3) is 0.182. The van der Waals surface area contributed by atoms with Gasteiger partial charge in [-0.1, -0.05) is 0 Å². The van der Waals surface area contributed by atoms with Gasteiger partial charge in [-0.2, -0.15) is 0 Å². The number of nitrogens with two attached hydrogens (primary N) is 1. The topological polar surface area (TPSA) is 67.9 Å². The molecule has 0 fully saturated rings. The van der Waals surface area contributed by atoms with Gasteiger partial charge in [0.1, 0.15) is 11.6 Å². The summed E-state index contributed by atoms with van der Waals surface area (Å²) in [5.74, 6) is 1.20. The van der Waals surface area contributed by atoms with Gasteiger partial charge in [-0.15, -0.1) is 0 Å². The van der Waals surface area contributed by atoms with Gasteiger partial charge in [-0.3, -0.25) is 4.98 Å². The third kappa shape index (κ3) is 2.44. The molecule has 0 aliphatic carbocycles. The van der Waals surface area contributed by atoms with Crippen LogP contribution in [0.15, 0.2) is 36.8 Å². The number of rotatable bonds is 3. The minimum absolute atomic E-state index is 0.494. The van der Waals surface area contributed by atoms with Crippen molar-refractivity contribution in [1.29, 1.82) is 0 Å². The van der Waals surface area contributed by atoms with Crippen LogP contribution in [0.4, 0.5) is 11.5 Å². The average molecular weight is 215 g/mol. The second kappa shape index (κ2) is 4.57. The molecule has 0 aliphatic heterocycles. The smallest absolute Gasteiger partial charge is 0.149 e. The van der Waals surface area contributed by atoms with Gasteiger partial charge in [-0.05, 0) is 18.2 Å². The fourth-order valence-electron chi connectivity index (χ4n) is 1.39. The summed E-state index contributed by atoms with van der Waals surface area (Å²) in [4.78, 5) is 14.3.